The van der Waals surface area contributed by atoms with Gasteiger partial charge in [0.05, 0.1) is 11.4 Å². The second-order valence-electron chi connectivity index (χ2n) is 2.98. The maximum Gasteiger partial charge on any atom is 0.122 e. The lowest BCUT2D eigenvalue weighted by Crippen LogP contribution is -2.19. The van der Waals surface area contributed by atoms with Crippen LogP contribution in [0.1, 0.15) is 18.5 Å². The monoisotopic (exact) mass is 177 g/mol. The van der Waals surface area contributed by atoms with E-state index in [9.17, 15) is 0 Å². The number of hydrogen-bond acceptors (Lipinski definition) is 4. The van der Waals surface area contributed by atoms with Crippen LogP contribution in [0.15, 0.2) is 22.5 Å². The Hall–Kier alpha value is -1.65. The van der Waals surface area contributed by atoms with E-state index in [0.29, 0.717) is 5.84 Å². The van der Waals surface area contributed by atoms with Gasteiger partial charge in [0, 0.05) is 26.1 Å². The molecule has 1 aromatic heterocycles. The zero-order chi connectivity index (χ0) is 9.26. The number of hydrogen-bond donors (Lipinski definition) is 1. The Kier molecular flexibility index (Phi) is 1.84. The van der Waals surface area contributed by atoms with Gasteiger partial charge in [-0.15, -0.1) is 5.10 Å². The van der Waals surface area contributed by atoms with E-state index >= 15 is 0 Å². The lowest BCUT2D eigenvalue weighted by atomic mass is 10.1. The van der Waals surface area contributed by atoms with Crippen molar-refractivity contribution < 1.29 is 0 Å². The molecule has 0 aromatic carbocycles. The third kappa shape index (κ3) is 1.44. The predicted octanol–water partition coefficient (Wildman–Crippen LogP) is 0.275. The maximum absolute atomic E-state index is 5.51. The second kappa shape index (κ2) is 3.01. The van der Waals surface area contributed by atoms with Crippen LogP contribution in [-0.4, -0.2) is 21.3 Å². The van der Waals surface area contributed by atoms with Crippen molar-refractivity contribution in [3.05, 3.63) is 18.0 Å². The molecule has 0 fully saturated rings. The molecule has 5 heteroatoms. The fourth-order valence-corrected chi connectivity index (χ4v) is 1.31. The van der Waals surface area contributed by atoms with Gasteiger partial charge in [-0.25, -0.2) is 0 Å². The van der Waals surface area contributed by atoms with E-state index in [1.807, 2.05) is 13.1 Å². The van der Waals surface area contributed by atoms with Crippen LogP contribution in [0.25, 0.3) is 0 Å². The van der Waals surface area contributed by atoms with E-state index in [1.165, 1.54) is 0 Å². The van der Waals surface area contributed by atoms with Crippen molar-refractivity contribution in [2.75, 3.05) is 0 Å². The summed E-state index contributed by atoms with van der Waals surface area (Å²) in [5, 5.41) is 11.9. The highest BCUT2D eigenvalue weighted by Crippen LogP contribution is 2.09. The number of amidine groups is 1. The molecule has 0 saturated carbocycles. The minimum Gasteiger partial charge on any atom is -0.386 e. The van der Waals surface area contributed by atoms with Crippen LogP contribution in [0.3, 0.4) is 0 Å². The molecule has 0 spiro atoms. The van der Waals surface area contributed by atoms with Crippen molar-refractivity contribution in [2.45, 2.75) is 12.8 Å². The Bertz CT molecular complexity index is 374. The first-order chi connectivity index (χ1) is 6.27. The fourth-order valence-electron chi connectivity index (χ4n) is 1.31. The van der Waals surface area contributed by atoms with Gasteiger partial charge in [0.15, 0.2) is 0 Å². The van der Waals surface area contributed by atoms with Crippen molar-refractivity contribution in [3.8, 4) is 0 Å². The first-order valence-corrected chi connectivity index (χ1v) is 4.14. The molecular weight excluding hydrogens is 166 g/mol. The molecule has 1 aliphatic heterocycles. The van der Waals surface area contributed by atoms with Crippen LogP contribution in [0.4, 0.5) is 0 Å². The number of nitrogens with two attached hydrogens (primary N) is 1. The Morgan fingerprint density at radius 1 is 1.38 bits per heavy atom. The molecule has 0 radical (unpaired) electrons. The molecule has 5 nitrogen and oxygen atoms in total. The van der Waals surface area contributed by atoms with Gasteiger partial charge >= 0.3 is 0 Å². The minimum atomic E-state index is 0.603. The number of rotatable bonds is 1. The van der Waals surface area contributed by atoms with Crippen molar-refractivity contribution >= 4 is 11.5 Å². The van der Waals surface area contributed by atoms with Crippen molar-refractivity contribution in [1.82, 2.24) is 9.78 Å². The summed E-state index contributed by atoms with van der Waals surface area (Å²) in [4.78, 5) is 0. The largest absolute Gasteiger partial charge is 0.386 e. The van der Waals surface area contributed by atoms with Crippen LogP contribution in [0, 0.1) is 0 Å². The van der Waals surface area contributed by atoms with E-state index in [0.717, 1.165) is 24.2 Å². The summed E-state index contributed by atoms with van der Waals surface area (Å²) in [6, 6.07) is 1.93. The number of nitrogens with zero attached hydrogens (tertiary/aromatic N) is 4. The number of aryl methyl sites for hydroxylation is 1. The molecule has 0 atom stereocenters. The fraction of sp³-hybridized carbons (Fsp3) is 0.375. The summed E-state index contributed by atoms with van der Waals surface area (Å²) in [6.45, 7) is 0. The molecular formula is C8H11N5. The van der Waals surface area contributed by atoms with Crippen LogP contribution in [0.2, 0.25) is 0 Å². The van der Waals surface area contributed by atoms with E-state index in [-0.39, 0.29) is 0 Å². The molecule has 68 valence electrons. The van der Waals surface area contributed by atoms with Gasteiger partial charge in [-0.2, -0.15) is 10.2 Å². The molecule has 13 heavy (non-hydrogen) atoms. The van der Waals surface area contributed by atoms with Crippen LogP contribution in [-0.2, 0) is 7.05 Å². The van der Waals surface area contributed by atoms with E-state index < -0.39 is 0 Å². The van der Waals surface area contributed by atoms with E-state index in [4.69, 9.17) is 5.73 Å². The highest BCUT2D eigenvalue weighted by atomic mass is 15.3. The van der Waals surface area contributed by atoms with Gasteiger partial charge in [0.1, 0.15) is 5.84 Å². The van der Waals surface area contributed by atoms with Crippen molar-refractivity contribution in [1.29, 1.82) is 0 Å². The minimum absolute atomic E-state index is 0.603. The zero-order valence-electron chi connectivity index (χ0n) is 7.44. The van der Waals surface area contributed by atoms with Gasteiger partial charge in [-0.1, -0.05) is 0 Å². The van der Waals surface area contributed by atoms with Gasteiger partial charge in [-0.3, -0.25) is 4.68 Å². The average molecular weight is 177 g/mol. The summed E-state index contributed by atoms with van der Waals surface area (Å²) in [7, 11) is 1.89. The normalized spacial score (nSPS) is 16.7. The highest BCUT2D eigenvalue weighted by molar-refractivity contribution is 6.02. The molecule has 2 rings (SSSR count). The molecule has 0 bridgehead atoms. The maximum atomic E-state index is 5.51. The Morgan fingerprint density at radius 2 is 2.23 bits per heavy atom. The quantitative estimate of drug-likeness (QED) is 0.669. The van der Waals surface area contributed by atoms with Crippen molar-refractivity contribution in [2.24, 2.45) is 23.0 Å². The zero-order valence-corrected chi connectivity index (χ0v) is 7.44. The molecule has 1 aromatic rings. The Balaban J connectivity index is 2.33. The van der Waals surface area contributed by atoms with Gasteiger partial charge < -0.3 is 5.73 Å². The smallest absolute Gasteiger partial charge is 0.122 e. The number of aromatic nitrogens is 2. The SMILES string of the molecule is Cn1nccc1C1=NN=C(N)CC1. The summed E-state index contributed by atoms with van der Waals surface area (Å²) in [5.41, 5.74) is 7.47. The summed E-state index contributed by atoms with van der Waals surface area (Å²) in [6.07, 6.45) is 3.37. The van der Waals surface area contributed by atoms with Crippen LogP contribution in [0.5, 0.6) is 0 Å². The van der Waals surface area contributed by atoms with Gasteiger partial charge in [-0.05, 0) is 6.07 Å². The molecule has 0 aliphatic carbocycles. The molecule has 0 saturated heterocycles. The summed E-state index contributed by atoms with van der Waals surface area (Å²) >= 11 is 0. The Morgan fingerprint density at radius 3 is 2.77 bits per heavy atom. The van der Waals surface area contributed by atoms with Crippen molar-refractivity contribution in [3.63, 3.8) is 0 Å². The first-order valence-electron chi connectivity index (χ1n) is 4.14. The topological polar surface area (TPSA) is 68.6 Å². The first kappa shape index (κ1) is 7.97. The third-order valence-electron chi connectivity index (χ3n) is 2.03. The standard InChI is InChI=1S/C8H11N5/c1-13-7(4-5-10-13)6-2-3-8(9)12-11-6/h4-5H,2-3H2,1H3,(H2,9,12). The van der Waals surface area contributed by atoms with Gasteiger partial charge in [0.2, 0.25) is 0 Å². The molecule has 1 aliphatic rings. The van der Waals surface area contributed by atoms with Crippen LogP contribution >= 0.6 is 0 Å². The Labute approximate surface area is 76.0 Å². The van der Waals surface area contributed by atoms with E-state index in [2.05, 4.69) is 15.3 Å². The second-order valence-corrected chi connectivity index (χ2v) is 2.98. The summed E-state index contributed by atoms with van der Waals surface area (Å²) < 4.78 is 1.79. The molecule has 0 amide bonds. The lowest BCUT2D eigenvalue weighted by Gasteiger charge is -2.08. The van der Waals surface area contributed by atoms with E-state index in [1.54, 1.807) is 10.9 Å². The highest BCUT2D eigenvalue weighted by Gasteiger charge is 2.11. The van der Waals surface area contributed by atoms with Crippen LogP contribution < -0.4 is 5.73 Å². The summed E-state index contributed by atoms with van der Waals surface area (Å²) in [5.74, 6) is 0.603. The van der Waals surface area contributed by atoms with Gasteiger partial charge in [0.25, 0.3) is 0 Å². The predicted molar refractivity (Wildman–Crippen MR) is 50.6 cm³/mol. The lowest BCUT2D eigenvalue weighted by molar-refractivity contribution is 0.755. The molecule has 2 N–H and O–H groups in total. The average Bonchev–Trinajstić information content (AvgIpc) is 2.53. The molecule has 2 heterocycles. The molecule has 0 unspecified atom stereocenters. The third-order valence-corrected chi connectivity index (χ3v) is 2.03.